The lowest BCUT2D eigenvalue weighted by molar-refractivity contribution is -0.384. The van der Waals surface area contributed by atoms with Crippen molar-refractivity contribution in [3.63, 3.8) is 0 Å². The molecule has 2 rings (SSSR count). The van der Waals surface area contributed by atoms with Crippen LogP contribution in [0.1, 0.15) is 22.8 Å². The normalized spacial score (nSPS) is 10.1. The van der Waals surface area contributed by atoms with Gasteiger partial charge in [0.25, 0.3) is 5.69 Å². The van der Waals surface area contributed by atoms with E-state index in [9.17, 15) is 14.9 Å². The van der Waals surface area contributed by atoms with E-state index in [1.807, 2.05) is 0 Å². The Labute approximate surface area is 133 Å². The predicted octanol–water partition coefficient (Wildman–Crippen LogP) is 2.97. The Hall–Kier alpha value is -3.09. The zero-order valence-electron chi connectivity index (χ0n) is 12.6. The van der Waals surface area contributed by atoms with Crippen molar-refractivity contribution in [1.29, 1.82) is 0 Å². The molecule has 0 fully saturated rings. The molecule has 0 aliphatic heterocycles. The number of nitrogens with zero attached hydrogens (tertiary/aromatic N) is 1. The maximum Gasteiger partial charge on any atom is 0.338 e. The van der Waals surface area contributed by atoms with Gasteiger partial charge in [0, 0.05) is 35.6 Å². The maximum atomic E-state index is 11.6. The van der Waals surface area contributed by atoms with Gasteiger partial charge in [0.15, 0.2) is 0 Å². The van der Waals surface area contributed by atoms with E-state index in [2.05, 4.69) is 5.32 Å². The van der Waals surface area contributed by atoms with E-state index in [1.54, 1.807) is 31.2 Å². The van der Waals surface area contributed by atoms with Crippen molar-refractivity contribution in [2.75, 3.05) is 17.7 Å². The highest BCUT2D eigenvalue weighted by molar-refractivity contribution is 5.89. The number of ether oxygens (including phenoxy) is 1. The Balaban J connectivity index is 2.05. The van der Waals surface area contributed by atoms with Crippen LogP contribution >= 0.6 is 0 Å². The number of carbonyl (C=O) groups is 1. The van der Waals surface area contributed by atoms with Crippen LogP contribution in [0.4, 0.5) is 17.1 Å². The second-order valence-corrected chi connectivity index (χ2v) is 4.79. The second kappa shape index (κ2) is 7.26. The van der Waals surface area contributed by atoms with Crippen molar-refractivity contribution in [1.82, 2.24) is 0 Å². The van der Waals surface area contributed by atoms with Crippen LogP contribution in [0.5, 0.6) is 0 Å². The van der Waals surface area contributed by atoms with Crippen molar-refractivity contribution >= 4 is 23.0 Å². The SMILES string of the molecule is CCOC(=O)c1ccc(NCc2cc([N+](=O)[O-])ccc2N)cc1. The summed E-state index contributed by atoms with van der Waals surface area (Å²) in [6.07, 6.45) is 0. The number of hydrogen-bond acceptors (Lipinski definition) is 6. The van der Waals surface area contributed by atoms with Crippen molar-refractivity contribution in [2.24, 2.45) is 0 Å². The first-order valence-corrected chi connectivity index (χ1v) is 7.05. The number of esters is 1. The third kappa shape index (κ3) is 4.19. The Morgan fingerprint density at radius 1 is 1.26 bits per heavy atom. The third-order valence-electron chi connectivity index (χ3n) is 3.22. The summed E-state index contributed by atoms with van der Waals surface area (Å²) in [5.41, 5.74) is 8.16. The fraction of sp³-hybridized carbons (Fsp3) is 0.188. The van der Waals surface area contributed by atoms with E-state index < -0.39 is 4.92 Å². The van der Waals surface area contributed by atoms with Gasteiger partial charge in [-0.15, -0.1) is 0 Å². The molecule has 7 nitrogen and oxygen atoms in total. The summed E-state index contributed by atoms with van der Waals surface area (Å²) < 4.78 is 4.91. The summed E-state index contributed by atoms with van der Waals surface area (Å²) in [7, 11) is 0. The van der Waals surface area contributed by atoms with Gasteiger partial charge < -0.3 is 15.8 Å². The molecule has 0 saturated carbocycles. The van der Waals surface area contributed by atoms with Crippen LogP contribution in [0.15, 0.2) is 42.5 Å². The molecule has 0 spiro atoms. The highest BCUT2D eigenvalue weighted by Crippen LogP contribution is 2.21. The van der Waals surface area contributed by atoms with Gasteiger partial charge in [0.05, 0.1) is 17.1 Å². The molecule has 0 radical (unpaired) electrons. The molecular formula is C16H17N3O4. The van der Waals surface area contributed by atoms with Crippen molar-refractivity contribution in [3.8, 4) is 0 Å². The molecule has 0 bridgehead atoms. The molecule has 0 amide bonds. The first-order valence-electron chi connectivity index (χ1n) is 7.05. The van der Waals surface area contributed by atoms with Gasteiger partial charge in [-0.25, -0.2) is 4.79 Å². The minimum absolute atomic E-state index is 0.00587. The molecule has 3 N–H and O–H groups in total. The van der Waals surface area contributed by atoms with Crippen LogP contribution < -0.4 is 11.1 Å². The molecule has 0 atom stereocenters. The molecule has 120 valence electrons. The van der Waals surface area contributed by atoms with Gasteiger partial charge in [-0.2, -0.15) is 0 Å². The number of nitrogens with one attached hydrogen (secondary N) is 1. The Morgan fingerprint density at radius 3 is 2.57 bits per heavy atom. The molecule has 0 aliphatic rings. The summed E-state index contributed by atoms with van der Waals surface area (Å²) in [5.74, 6) is -0.373. The molecule has 0 aromatic heterocycles. The van der Waals surface area contributed by atoms with Crippen LogP contribution in [-0.4, -0.2) is 17.5 Å². The van der Waals surface area contributed by atoms with E-state index in [0.717, 1.165) is 5.69 Å². The molecule has 23 heavy (non-hydrogen) atoms. The van der Waals surface area contributed by atoms with Crippen LogP contribution in [0.3, 0.4) is 0 Å². The van der Waals surface area contributed by atoms with E-state index in [0.29, 0.717) is 30.0 Å². The molecule has 2 aromatic rings. The Bertz CT molecular complexity index is 714. The average Bonchev–Trinajstić information content (AvgIpc) is 2.54. The number of non-ortho nitro benzene ring substituents is 1. The molecule has 0 aliphatic carbocycles. The number of nitrogen functional groups attached to an aromatic ring is 1. The van der Waals surface area contributed by atoms with E-state index >= 15 is 0 Å². The standard InChI is InChI=1S/C16H17N3O4/c1-2-23-16(20)11-3-5-13(6-4-11)18-10-12-9-14(19(21)22)7-8-15(12)17/h3-9,18H,2,10,17H2,1H3. The number of hydrogen-bond donors (Lipinski definition) is 2. The van der Waals surface area contributed by atoms with Crippen LogP contribution in [0, 0.1) is 10.1 Å². The number of nitrogens with two attached hydrogens (primary N) is 1. The molecule has 7 heteroatoms. The van der Waals surface area contributed by atoms with Gasteiger partial charge in [-0.1, -0.05) is 0 Å². The topological polar surface area (TPSA) is 107 Å². The fourth-order valence-corrected chi connectivity index (χ4v) is 1.99. The third-order valence-corrected chi connectivity index (χ3v) is 3.22. The number of benzene rings is 2. The van der Waals surface area contributed by atoms with Crippen LogP contribution in [-0.2, 0) is 11.3 Å². The zero-order valence-corrected chi connectivity index (χ0v) is 12.6. The molecule has 0 heterocycles. The summed E-state index contributed by atoms with van der Waals surface area (Å²) in [6, 6.07) is 11.1. The van der Waals surface area contributed by atoms with Crippen molar-refractivity contribution in [3.05, 3.63) is 63.7 Å². The van der Waals surface area contributed by atoms with Gasteiger partial charge in [-0.3, -0.25) is 10.1 Å². The summed E-state index contributed by atoms with van der Waals surface area (Å²) in [5, 5.41) is 13.9. The highest BCUT2D eigenvalue weighted by Gasteiger charge is 2.09. The number of nitro groups is 1. The smallest absolute Gasteiger partial charge is 0.338 e. The lowest BCUT2D eigenvalue weighted by Gasteiger charge is -2.09. The first kappa shape index (κ1) is 16.3. The number of anilines is 2. The van der Waals surface area contributed by atoms with Crippen LogP contribution in [0.25, 0.3) is 0 Å². The largest absolute Gasteiger partial charge is 0.462 e. The summed E-state index contributed by atoms with van der Waals surface area (Å²) in [4.78, 5) is 21.9. The number of rotatable bonds is 6. The van der Waals surface area contributed by atoms with Gasteiger partial charge in [0.1, 0.15) is 0 Å². The van der Waals surface area contributed by atoms with Gasteiger partial charge in [-0.05, 0) is 37.3 Å². The average molecular weight is 315 g/mol. The zero-order chi connectivity index (χ0) is 16.8. The second-order valence-electron chi connectivity index (χ2n) is 4.79. The van der Waals surface area contributed by atoms with Gasteiger partial charge >= 0.3 is 5.97 Å². The van der Waals surface area contributed by atoms with Crippen molar-refractivity contribution < 1.29 is 14.5 Å². The van der Waals surface area contributed by atoms with Gasteiger partial charge in [0.2, 0.25) is 0 Å². The maximum absolute atomic E-state index is 11.6. The first-order chi connectivity index (χ1) is 11.0. The number of nitro benzene ring substituents is 1. The van der Waals surface area contributed by atoms with Crippen molar-refractivity contribution in [2.45, 2.75) is 13.5 Å². The highest BCUT2D eigenvalue weighted by atomic mass is 16.6. The lowest BCUT2D eigenvalue weighted by atomic mass is 10.1. The predicted molar refractivity (Wildman–Crippen MR) is 87.2 cm³/mol. The van der Waals surface area contributed by atoms with Crippen LogP contribution in [0.2, 0.25) is 0 Å². The molecular weight excluding hydrogens is 298 g/mol. The summed E-state index contributed by atoms with van der Waals surface area (Å²) >= 11 is 0. The fourth-order valence-electron chi connectivity index (χ4n) is 1.99. The summed E-state index contributed by atoms with van der Waals surface area (Å²) in [6.45, 7) is 2.41. The number of carbonyl (C=O) groups excluding carboxylic acids is 1. The lowest BCUT2D eigenvalue weighted by Crippen LogP contribution is -2.06. The molecule has 0 unspecified atom stereocenters. The quantitative estimate of drug-likeness (QED) is 0.367. The minimum Gasteiger partial charge on any atom is -0.462 e. The minimum atomic E-state index is -0.461. The van der Waals surface area contributed by atoms with E-state index in [1.165, 1.54) is 18.2 Å². The Morgan fingerprint density at radius 2 is 1.96 bits per heavy atom. The Kier molecular flexibility index (Phi) is 5.14. The monoisotopic (exact) mass is 315 g/mol. The van der Waals surface area contributed by atoms with E-state index in [4.69, 9.17) is 10.5 Å². The van der Waals surface area contributed by atoms with E-state index in [-0.39, 0.29) is 11.7 Å². The molecule has 2 aromatic carbocycles. The molecule has 0 saturated heterocycles.